The molecular formula is C17H12ClN7OS2. The smallest absolute Gasteiger partial charge is 0.217 e. The first kappa shape index (κ1) is 17.3. The van der Waals surface area contributed by atoms with Gasteiger partial charge in [0.05, 0.1) is 23.7 Å². The van der Waals surface area contributed by atoms with Crippen LogP contribution < -0.4 is 5.84 Å². The van der Waals surface area contributed by atoms with E-state index in [2.05, 4.69) is 20.3 Å². The molecule has 0 amide bonds. The molecule has 140 valence electrons. The van der Waals surface area contributed by atoms with Gasteiger partial charge in [-0.1, -0.05) is 35.1 Å². The molecule has 8 nitrogen and oxygen atoms in total. The van der Waals surface area contributed by atoms with E-state index in [4.69, 9.17) is 21.9 Å². The quantitative estimate of drug-likeness (QED) is 0.428. The summed E-state index contributed by atoms with van der Waals surface area (Å²) < 4.78 is 9.26. The highest BCUT2D eigenvalue weighted by Crippen LogP contribution is 2.33. The van der Waals surface area contributed by atoms with E-state index in [1.54, 1.807) is 10.8 Å². The van der Waals surface area contributed by atoms with Crippen LogP contribution in [0.25, 0.3) is 27.6 Å². The van der Waals surface area contributed by atoms with Crippen LogP contribution in [-0.2, 0) is 0 Å². The summed E-state index contributed by atoms with van der Waals surface area (Å²) in [6.07, 6.45) is 3.48. The summed E-state index contributed by atoms with van der Waals surface area (Å²) >= 11 is 8.73. The fourth-order valence-electron chi connectivity index (χ4n) is 2.71. The van der Waals surface area contributed by atoms with Gasteiger partial charge in [0.25, 0.3) is 0 Å². The van der Waals surface area contributed by atoms with Crippen LogP contribution in [0.4, 0.5) is 0 Å². The van der Waals surface area contributed by atoms with E-state index in [1.165, 1.54) is 27.8 Å². The Morgan fingerprint density at radius 3 is 2.71 bits per heavy atom. The van der Waals surface area contributed by atoms with Gasteiger partial charge in [0, 0.05) is 10.6 Å². The molecule has 5 rings (SSSR count). The lowest BCUT2D eigenvalue weighted by molar-refractivity contribution is 0.535. The third kappa shape index (κ3) is 2.95. The van der Waals surface area contributed by atoms with Gasteiger partial charge in [-0.05, 0) is 36.9 Å². The van der Waals surface area contributed by atoms with E-state index in [9.17, 15) is 0 Å². The monoisotopic (exact) mass is 429 g/mol. The Labute approximate surface area is 171 Å². The molecule has 28 heavy (non-hydrogen) atoms. The van der Waals surface area contributed by atoms with Gasteiger partial charge in [0.1, 0.15) is 5.76 Å². The minimum Gasteiger partial charge on any atom is -0.469 e. The number of furan rings is 1. The molecule has 0 aliphatic rings. The van der Waals surface area contributed by atoms with Gasteiger partial charge in [-0.15, -0.1) is 15.3 Å². The summed E-state index contributed by atoms with van der Waals surface area (Å²) in [7, 11) is 0. The zero-order chi connectivity index (χ0) is 19.3. The fourth-order valence-corrected chi connectivity index (χ4v) is 4.62. The molecule has 0 aliphatic carbocycles. The van der Waals surface area contributed by atoms with Gasteiger partial charge in [-0.2, -0.15) is 0 Å². The van der Waals surface area contributed by atoms with Crippen molar-refractivity contribution in [2.45, 2.75) is 16.4 Å². The molecule has 4 heterocycles. The second-order valence-corrected chi connectivity index (χ2v) is 8.50. The summed E-state index contributed by atoms with van der Waals surface area (Å²) in [6.45, 7) is 1.85. The average Bonchev–Trinajstić information content (AvgIpc) is 3.42. The molecule has 0 unspecified atom stereocenters. The highest BCUT2D eigenvalue weighted by molar-refractivity contribution is 8.01. The molecule has 0 saturated heterocycles. The van der Waals surface area contributed by atoms with Crippen molar-refractivity contribution >= 4 is 39.7 Å². The number of aromatic nitrogens is 6. The van der Waals surface area contributed by atoms with Gasteiger partial charge >= 0.3 is 0 Å². The third-order valence-electron chi connectivity index (χ3n) is 4.11. The van der Waals surface area contributed by atoms with Crippen molar-refractivity contribution in [3.05, 3.63) is 53.6 Å². The average molecular weight is 430 g/mol. The van der Waals surface area contributed by atoms with Gasteiger partial charge < -0.3 is 10.3 Å². The van der Waals surface area contributed by atoms with Crippen molar-refractivity contribution in [2.24, 2.45) is 0 Å². The highest BCUT2D eigenvalue weighted by Gasteiger charge is 2.18. The molecule has 0 fully saturated rings. The van der Waals surface area contributed by atoms with Gasteiger partial charge in [-0.3, -0.25) is 0 Å². The molecule has 2 N–H and O–H groups in total. The number of fused-ring (bicyclic) bond motifs is 1. The van der Waals surface area contributed by atoms with Crippen LogP contribution in [0.3, 0.4) is 0 Å². The Morgan fingerprint density at radius 1 is 1.18 bits per heavy atom. The molecular weight excluding hydrogens is 418 g/mol. The summed E-state index contributed by atoms with van der Waals surface area (Å²) in [5.74, 6) is 7.44. The summed E-state index contributed by atoms with van der Waals surface area (Å²) in [4.78, 5) is 5.41. The predicted octanol–water partition coefficient (Wildman–Crippen LogP) is 4.14. The van der Waals surface area contributed by atoms with Gasteiger partial charge in [0.2, 0.25) is 10.1 Å². The van der Waals surface area contributed by atoms with Crippen LogP contribution in [0, 0.1) is 6.92 Å². The standard InChI is InChI=1S/C17H12ClN7OS2/c1-9-12(6-7-26-9)14-21-22-16(25(14)19)28-17-23-24-8-13(20-15(24)27-17)10-2-4-11(18)5-3-10/h2-8H,19H2,1H3. The first-order valence-electron chi connectivity index (χ1n) is 8.13. The summed E-state index contributed by atoms with van der Waals surface area (Å²) in [5, 5.41) is 14.1. The molecule has 5 aromatic rings. The van der Waals surface area contributed by atoms with Crippen LogP contribution in [-0.4, -0.2) is 29.5 Å². The second-order valence-electron chi connectivity index (χ2n) is 5.90. The van der Waals surface area contributed by atoms with Crippen molar-refractivity contribution < 1.29 is 4.42 Å². The second kappa shape index (κ2) is 6.66. The Kier molecular flexibility index (Phi) is 4.11. The highest BCUT2D eigenvalue weighted by atomic mass is 35.5. The predicted molar refractivity (Wildman–Crippen MR) is 108 cm³/mol. The van der Waals surface area contributed by atoms with Crippen molar-refractivity contribution in [1.82, 2.24) is 29.5 Å². The molecule has 0 bridgehead atoms. The SMILES string of the molecule is Cc1occc1-c1nnc(Sc2nn3cc(-c4ccc(Cl)cc4)nc3s2)n1N. The van der Waals surface area contributed by atoms with Crippen LogP contribution >= 0.6 is 34.7 Å². The van der Waals surface area contributed by atoms with E-state index in [0.717, 1.165) is 31.9 Å². The van der Waals surface area contributed by atoms with Crippen molar-refractivity contribution in [2.75, 3.05) is 5.84 Å². The van der Waals surface area contributed by atoms with Crippen LogP contribution in [0.5, 0.6) is 0 Å². The van der Waals surface area contributed by atoms with Crippen LogP contribution in [0.1, 0.15) is 5.76 Å². The Balaban J connectivity index is 1.42. The lowest BCUT2D eigenvalue weighted by Gasteiger charge is -2.00. The van der Waals surface area contributed by atoms with Crippen LogP contribution in [0.15, 0.2) is 56.7 Å². The number of nitrogens with two attached hydrogens (primary N) is 1. The number of aryl methyl sites for hydroxylation is 1. The largest absolute Gasteiger partial charge is 0.469 e. The Morgan fingerprint density at radius 2 is 2.00 bits per heavy atom. The van der Waals surface area contributed by atoms with Crippen LogP contribution in [0.2, 0.25) is 5.02 Å². The topological polar surface area (TPSA) is 100 Å². The lowest BCUT2D eigenvalue weighted by Crippen LogP contribution is -2.11. The van der Waals surface area contributed by atoms with E-state index >= 15 is 0 Å². The molecule has 0 radical (unpaired) electrons. The van der Waals surface area contributed by atoms with Crippen molar-refractivity contribution in [1.29, 1.82) is 0 Å². The van der Waals surface area contributed by atoms with E-state index in [-0.39, 0.29) is 0 Å². The van der Waals surface area contributed by atoms with Crippen molar-refractivity contribution in [3.8, 4) is 22.6 Å². The summed E-state index contributed by atoms with van der Waals surface area (Å²) in [6, 6.07) is 9.35. The number of nitrogens with zero attached hydrogens (tertiary/aromatic N) is 6. The molecule has 0 saturated carbocycles. The maximum atomic E-state index is 6.17. The number of hydrogen-bond donors (Lipinski definition) is 1. The molecule has 0 spiro atoms. The zero-order valence-electron chi connectivity index (χ0n) is 14.4. The number of halogens is 1. The third-order valence-corrected chi connectivity index (χ3v) is 6.29. The molecule has 11 heteroatoms. The maximum Gasteiger partial charge on any atom is 0.217 e. The van der Waals surface area contributed by atoms with Crippen molar-refractivity contribution in [3.63, 3.8) is 0 Å². The first-order valence-corrected chi connectivity index (χ1v) is 10.1. The van der Waals surface area contributed by atoms with E-state index in [0.29, 0.717) is 16.0 Å². The number of imidazole rings is 1. The molecule has 1 aromatic carbocycles. The fraction of sp³-hybridized carbons (Fsp3) is 0.0588. The Hall–Kier alpha value is -2.82. The number of hydrogen-bond acceptors (Lipinski definition) is 8. The zero-order valence-corrected chi connectivity index (χ0v) is 16.8. The van der Waals surface area contributed by atoms with Gasteiger partial charge in [-0.25, -0.2) is 14.2 Å². The minimum atomic E-state index is 0.533. The molecule has 0 aliphatic heterocycles. The van der Waals surface area contributed by atoms with Gasteiger partial charge in [0.15, 0.2) is 10.2 Å². The first-order chi connectivity index (χ1) is 13.6. The summed E-state index contributed by atoms with van der Waals surface area (Å²) in [5.41, 5.74) is 2.63. The number of benzene rings is 1. The number of rotatable bonds is 4. The molecule has 4 aromatic heterocycles. The normalized spacial score (nSPS) is 11.5. The minimum absolute atomic E-state index is 0.533. The number of nitrogen functional groups attached to an aromatic ring is 1. The maximum absolute atomic E-state index is 6.17. The molecule has 0 atom stereocenters. The van der Waals surface area contributed by atoms with E-state index in [1.807, 2.05) is 43.5 Å². The van der Waals surface area contributed by atoms with E-state index < -0.39 is 0 Å². The lowest BCUT2D eigenvalue weighted by atomic mass is 10.2. The Bertz CT molecular complexity index is 1250.